The predicted octanol–water partition coefficient (Wildman–Crippen LogP) is -1.79. The van der Waals surface area contributed by atoms with Crippen molar-refractivity contribution in [2.45, 2.75) is 52.9 Å². The van der Waals surface area contributed by atoms with Gasteiger partial charge in [0, 0.05) is 0 Å². The van der Waals surface area contributed by atoms with Crippen molar-refractivity contribution >= 4 is 0 Å². The van der Waals surface area contributed by atoms with Crippen LogP contribution in [0.2, 0.25) is 0 Å². The SMILES string of the molecule is CCC(C)C1=C(C(c2ccccc2)(c2ccccc2)C(C)(C)C)CC=[C]1[Ti+3].[Cl-].[Cl-].[Cl-]. The van der Waals surface area contributed by atoms with Gasteiger partial charge in [-0.15, -0.1) is 0 Å². The first-order valence-corrected chi connectivity index (χ1v) is 10.9. The van der Waals surface area contributed by atoms with E-state index in [0.29, 0.717) is 5.92 Å². The molecule has 0 spiro atoms. The van der Waals surface area contributed by atoms with Crippen LogP contribution in [-0.4, -0.2) is 0 Å². The van der Waals surface area contributed by atoms with Crippen molar-refractivity contribution in [3.8, 4) is 0 Å². The van der Waals surface area contributed by atoms with Gasteiger partial charge in [0.05, 0.1) is 0 Å². The number of rotatable bonds is 5. The molecule has 0 N–H and O–H groups in total. The van der Waals surface area contributed by atoms with Crippen LogP contribution < -0.4 is 37.2 Å². The van der Waals surface area contributed by atoms with E-state index in [9.17, 15) is 0 Å². The van der Waals surface area contributed by atoms with Crippen molar-refractivity contribution in [2.24, 2.45) is 11.3 Å². The average molecular weight is 498 g/mol. The van der Waals surface area contributed by atoms with Gasteiger partial charge in [-0.05, 0) is 0 Å². The molecule has 4 heteroatoms. The fourth-order valence-corrected chi connectivity index (χ4v) is 5.70. The van der Waals surface area contributed by atoms with Gasteiger partial charge in [-0.3, -0.25) is 0 Å². The Morgan fingerprint density at radius 1 is 0.833 bits per heavy atom. The van der Waals surface area contributed by atoms with Crippen LogP contribution >= 0.6 is 0 Å². The summed E-state index contributed by atoms with van der Waals surface area (Å²) < 4.78 is 1.47. The maximum atomic E-state index is 2.45. The number of hydrogen-bond donors (Lipinski definition) is 0. The molecule has 0 nitrogen and oxygen atoms in total. The molecular formula is C26H31Cl3Ti. The maximum absolute atomic E-state index is 2.45. The molecule has 2 aromatic carbocycles. The van der Waals surface area contributed by atoms with Crippen molar-refractivity contribution in [3.05, 3.63) is 92.9 Å². The molecule has 0 bridgehead atoms. The fraction of sp³-hybridized carbons (Fsp3) is 0.385. The normalized spacial score (nSPS) is 14.8. The van der Waals surface area contributed by atoms with Gasteiger partial charge in [0.2, 0.25) is 0 Å². The third kappa shape index (κ3) is 5.11. The zero-order chi connectivity index (χ0) is 19.7. The van der Waals surface area contributed by atoms with E-state index < -0.39 is 0 Å². The molecule has 1 aliphatic carbocycles. The van der Waals surface area contributed by atoms with E-state index in [1.807, 2.05) is 0 Å². The Balaban J connectivity index is 0.00000280. The Kier molecular flexibility index (Phi) is 11.7. The molecule has 0 fully saturated rings. The first-order chi connectivity index (χ1) is 12.8. The van der Waals surface area contributed by atoms with E-state index in [1.54, 1.807) is 11.1 Å². The molecule has 0 heterocycles. The van der Waals surface area contributed by atoms with Gasteiger partial charge in [0.25, 0.3) is 0 Å². The van der Waals surface area contributed by atoms with Crippen LogP contribution in [0, 0.1) is 11.3 Å². The van der Waals surface area contributed by atoms with Gasteiger partial charge >= 0.3 is 178 Å². The summed E-state index contributed by atoms with van der Waals surface area (Å²) in [6, 6.07) is 22.3. The first-order valence-electron chi connectivity index (χ1n) is 10.1. The largest absolute Gasteiger partial charge is 1.00 e. The first kappa shape index (κ1) is 29.5. The molecule has 160 valence electrons. The second-order valence-corrected chi connectivity index (χ2v) is 9.60. The van der Waals surface area contributed by atoms with Crippen molar-refractivity contribution in [1.82, 2.24) is 0 Å². The summed E-state index contributed by atoms with van der Waals surface area (Å²) in [6.07, 6.45) is 4.67. The third-order valence-electron chi connectivity index (χ3n) is 6.22. The quantitative estimate of drug-likeness (QED) is 0.428. The van der Waals surface area contributed by atoms with Crippen LogP contribution in [0.1, 0.15) is 58.6 Å². The van der Waals surface area contributed by atoms with Gasteiger partial charge in [0.15, 0.2) is 0 Å². The van der Waals surface area contributed by atoms with Gasteiger partial charge in [-0.1, -0.05) is 0 Å². The Labute approximate surface area is 213 Å². The van der Waals surface area contributed by atoms with E-state index in [4.69, 9.17) is 0 Å². The average Bonchev–Trinajstić information content (AvgIpc) is 3.04. The minimum atomic E-state index is -0.136. The van der Waals surface area contributed by atoms with Crippen LogP contribution in [0.5, 0.6) is 0 Å². The molecule has 1 atom stereocenters. The van der Waals surface area contributed by atoms with E-state index in [1.165, 1.54) is 21.4 Å². The van der Waals surface area contributed by atoms with Crippen molar-refractivity contribution in [1.29, 1.82) is 0 Å². The van der Waals surface area contributed by atoms with Gasteiger partial charge < -0.3 is 37.2 Å². The third-order valence-corrected chi connectivity index (χ3v) is 6.96. The molecule has 1 aliphatic rings. The summed E-state index contributed by atoms with van der Waals surface area (Å²) in [7, 11) is 0. The molecule has 2 aromatic rings. The second-order valence-electron chi connectivity index (χ2n) is 8.76. The van der Waals surface area contributed by atoms with Crippen molar-refractivity contribution < 1.29 is 57.7 Å². The minimum absolute atomic E-state index is 0. The summed E-state index contributed by atoms with van der Waals surface area (Å²) in [4.78, 5) is 0. The van der Waals surface area contributed by atoms with Crippen molar-refractivity contribution in [3.63, 3.8) is 0 Å². The number of hydrogen-bond acceptors (Lipinski definition) is 0. The Hall–Kier alpha value is -0.496. The number of allylic oxidation sites excluding steroid dienone is 4. The molecule has 30 heavy (non-hydrogen) atoms. The van der Waals surface area contributed by atoms with E-state index in [2.05, 4.69) is 122 Å². The number of benzene rings is 2. The Bertz CT molecular complexity index is 809. The molecule has 0 saturated heterocycles. The Morgan fingerprint density at radius 3 is 1.63 bits per heavy atom. The topological polar surface area (TPSA) is 0 Å². The molecule has 0 saturated carbocycles. The number of halogens is 3. The van der Waals surface area contributed by atoms with Crippen LogP contribution in [0.25, 0.3) is 0 Å². The van der Waals surface area contributed by atoms with E-state index >= 15 is 0 Å². The van der Waals surface area contributed by atoms with Crippen LogP contribution in [0.3, 0.4) is 0 Å². The standard InChI is InChI=1S/C26H31.3ClH.Ti/c1-6-20(2)23-18-13-19-24(23)26(25(3,4)5,21-14-9-7-10-15-21)22-16-11-8-12-17-22;;;;/h7-17,20H,6,19H2,1-5H3;3*1H;/q;;;;+3/p-3. The van der Waals surface area contributed by atoms with Crippen LogP contribution in [-0.2, 0) is 25.9 Å². The van der Waals surface area contributed by atoms with Crippen LogP contribution in [0.4, 0.5) is 0 Å². The molecule has 0 aliphatic heterocycles. The second kappa shape index (κ2) is 11.9. The fourth-order valence-electron chi connectivity index (χ4n) is 4.92. The monoisotopic (exact) mass is 496 g/mol. The zero-order valence-corrected chi connectivity index (χ0v) is 22.3. The smallest absolute Gasteiger partial charge is 1.00 e. The summed E-state index contributed by atoms with van der Waals surface area (Å²) >= 11 is 2.30. The van der Waals surface area contributed by atoms with E-state index in [-0.39, 0.29) is 48.1 Å². The molecule has 0 radical (unpaired) electrons. The van der Waals surface area contributed by atoms with Gasteiger partial charge in [-0.25, -0.2) is 0 Å². The summed E-state index contributed by atoms with van der Waals surface area (Å²) in [5.41, 5.74) is 5.90. The predicted molar refractivity (Wildman–Crippen MR) is 112 cm³/mol. The molecule has 3 rings (SSSR count). The Morgan fingerprint density at radius 2 is 1.27 bits per heavy atom. The molecule has 0 amide bonds. The summed E-state index contributed by atoms with van der Waals surface area (Å²) in [5, 5.41) is 0. The van der Waals surface area contributed by atoms with Crippen molar-refractivity contribution in [2.75, 3.05) is 0 Å². The van der Waals surface area contributed by atoms with E-state index in [0.717, 1.165) is 6.42 Å². The van der Waals surface area contributed by atoms with Gasteiger partial charge in [0.1, 0.15) is 0 Å². The summed E-state index contributed by atoms with van der Waals surface area (Å²) in [6.45, 7) is 11.9. The maximum Gasteiger partial charge on any atom is -1.00 e. The summed E-state index contributed by atoms with van der Waals surface area (Å²) in [5.74, 6) is 0.577. The van der Waals surface area contributed by atoms with Gasteiger partial charge in [-0.2, -0.15) is 0 Å². The minimum Gasteiger partial charge on any atom is -1.00 e. The van der Waals surface area contributed by atoms with Crippen LogP contribution in [0.15, 0.2) is 81.8 Å². The molecule has 1 unspecified atom stereocenters. The molecular weight excluding hydrogens is 467 g/mol. The molecule has 0 aromatic heterocycles. The zero-order valence-electron chi connectivity index (χ0n) is 18.5.